The molecule has 0 aromatic heterocycles. The molecule has 406 valence electrons. The van der Waals surface area contributed by atoms with Crippen LogP contribution in [0.3, 0.4) is 0 Å². The molecular weight excluding hydrogens is 906 g/mol. The Morgan fingerprint density at radius 3 is 1.08 bits per heavy atom. The molecule has 0 radical (unpaired) electrons. The number of unbranched alkanes of at least 4 members (excludes halogenated alkanes) is 21. The molecule has 9 nitrogen and oxygen atoms in total. The zero-order valence-corrected chi connectivity index (χ0v) is 46.1. The van der Waals surface area contributed by atoms with Crippen LogP contribution in [-0.2, 0) is 32.7 Å². The average molecular weight is 1010 g/mol. The molecule has 0 heterocycles. The molecule has 0 aromatic carbocycles. The Hall–Kier alpha value is -3.33. The predicted molar refractivity (Wildman–Crippen MR) is 302 cm³/mol. The number of phosphoric acid groups is 1. The standard InChI is InChI=1S/C61H104NO8P/c1-3-5-7-9-11-13-15-17-19-20-21-22-23-24-25-26-27-28-29-30-31-32-33-34-35-36-37-38-40-42-44-46-48-50-52-54-61(64)70-59(58-69-71(65,66)68-56-55-62)57-67-60(63)53-51-49-47-45-43-41-39-18-16-14-12-10-8-6-4-2/h5-8,11-14,17-19,21-22,24-25,27-28,39,59H,3-4,9-10,15-16,20,23,26,29-38,40-58,62H2,1-2H3,(H,65,66)/b7-5-,8-6-,13-11-,14-12-,19-17-,22-21-,25-24-,28-27-,39-18-. The number of carbonyl (C=O) groups is 2. The largest absolute Gasteiger partial charge is 0.472 e. The molecule has 0 saturated heterocycles. The third kappa shape index (κ3) is 55.8. The maximum atomic E-state index is 12.7. The number of hydrogen-bond donors (Lipinski definition) is 2. The summed E-state index contributed by atoms with van der Waals surface area (Å²) in [6, 6.07) is 0. The minimum absolute atomic E-state index is 0.0468. The van der Waals surface area contributed by atoms with Gasteiger partial charge in [-0.3, -0.25) is 18.6 Å². The molecule has 71 heavy (non-hydrogen) atoms. The van der Waals surface area contributed by atoms with Crippen molar-refractivity contribution in [3.63, 3.8) is 0 Å². The van der Waals surface area contributed by atoms with E-state index in [1.54, 1.807) is 0 Å². The Morgan fingerprint density at radius 1 is 0.423 bits per heavy atom. The molecule has 3 N–H and O–H groups in total. The van der Waals surface area contributed by atoms with Gasteiger partial charge in [0.05, 0.1) is 13.2 Å². The van der Waals surface area contributed by atoms with Crippen molar-refractivity contribution in [3.8, 4) is 0 Å². The molecule has 0 saturated carbocycles. The number of ether oxygens (including phenoxy) is 2. The van der Waals surface area contributed by atoms with E-state index in [2.05, 4.69) is 123 Å². The van der Waals surface area contributed by atoms with Gasteiger partial charge in [0.15, 0.2) is 6.10 Å². The van der Waals surface area contributed by atoms with Crippen molar-refractivity contribution in [2.24, 2.45) is 5.73 Å². The van der Waals surface area contributed by atoms with Gasteiger partial charge in [0.1, 0.15) is 6.61 Å². The van der Waals surface area contributed by atoms with E-state index < -0.39 is 32.5 Å². The van der Waals surface area contributed by atoms with E-state index in [0.717, 1.165) is 109 Å². The van der Waals surface area contributed by atoms with Crippen LogP contribution in [0.25, 0.3) is 0 Å². The fraction of sp³-hybridized carbons (Fsp3) is 0.672. The lowest BCUT2D eigenvalue weighted by Gasteiger charge is -2.19. The first-order chi connectivity index (χ1) is 34.8. The van der Waals surface area contributed by atoms with Gasteiger partial charge in [-0.05, 0) is 96.3 Å². The van der Waals surface area contributed by atoms with Gasteiger partial charge >= 0.3 is 19.8 Å². The van der Waals surface area contributed by atoms with Crippen LogP contribution in [0, 0.1) is 0 Å². The fourth-order valence-electron chi connectivity index (χ4n) is 7.54. The summed E-state index contributed by atoms with van der Waals surface area (Å²) in [7, 11) is -4.39. The van der Waals surface area contributed by atoms with Gasteiger partial charge in [0, 0.05) is 19.4 Å². The van der Waals surface area contributed by atoms with E-state index >= 15 is 0 Å². The van der Waals surface area contributed by atoms with Gasteiger partial charge in [-0.25, -0.2) is 4.57 Å². The summed E-state index contributed by atoms with van der Waals surface area (Å²) >= 11 is 0. The summed E-state index contributed by atoms with van der Waals surface area (Å²) in [5.74, 6) is -0.850. The van der Waals surface area contributed by atoms with Crippen molar-refractivity contribution in [3.05, 3.63) is 109 Å². The van der Waals surface area contributed by atoms with Crippen LogP contribution in [-0.4, -0.2) is 49.3 Å². The number of phosphoric ester groups is 1. The summed E-state index contributed by atoms with van der Waals surface area (Å²) < 4.78 is 33.0. The van der Waals surface area contributed by atoms with E-state index in [4.69, 9.17) is 24.3 Å². The lowest BCUT2D eigenvalue weighted by atomic mass is 10.0. The van der Waals surface area contributed by atoms with Gasteiger partial charge in [-0.15, -0.1) is 0 Å². The van der Waals surface area contributed by atoms with Crippen LogP contribution in [0.2, 0.25) is 0 Å². The van der Waals surface area contributed by atoms with Crippen LogP contribution < -0.4 is 5.73 Å². The van der Waals surface area contributed by atoms with Crippen LogP contribution >= 0.6 is 7.82 Å². The molecular formula is C61H104NO8P. The van der Waals surface area contributed by atoms with E-state index in [0.29, 0.717) is 12.8 Å². The second-order valence-electron chi connectivity index (χ2n) is 18.4. The highest BCUT2D eigenvalue weighted by atomic mass is 31.2. The van der Waals surface area contributed by atoms with E-state index in [-0.39, 0.29) is 32.6 Å². The Bertz CT molecular complexity index is 1530. The minimum atomic E-state index is -4.39. The number of nitrogens with two attached hydrogens (primary N) is 1. The monoisotopic (exact) mass is 1010 g/mol. The molecule has 0 rings (SSSR count). The van der Waals surface area contributed by atoms with Crippen molar-refractivity contribution in [2.75, 3.05) is 26.4 Å². The summed E-state index contributed by atoms with van der Waals surface area (Å²) in [6.45, 7) is 3.49. The average Bonchev–Trinajstić information content (AvgIpc) is 3.36. The Kier molecular flexibility index (Phi) is 53.3. The highest BCUT2D eigenvalue weighted by Crippen LogP contribution is 2.43. The number of carbonyl (C=O) groups excluding carboxylic acids is 2. The predicted octanol–water partition coefficient (Wildman–Crippen LogP) is 17.8. The maximum Gasteiger partial charge on any atom is 0.472 e. The molecule has 0 amide bonds. The van der Waals surface area contributed by atoms with Crippen molar-refractivity contribution in [1.82, 2.24) is 0 Å². The Labute approximate surface area is 435 Å². The third-order valence-electron chi connectivity index (χ3n) is 11.7. The quantitative estimate of drug-likeness (QED) is 0.0264. The number of esters is 2. The lowest BCUT2D eigenvalue weighted by Crippen LogP contribution is -2.29. The molecule has 0 fully saturated rings. The summed E-state index contributed by atoms with van der Waals surface area (Å²) in [5.41, 5.74) is 5.37. The van der Waals surface area contributed by atoms with Crippen molar-refractivity contribution in [2.45, 2.75) is 238 Å². The molecule has 0 aliphatic carbocycles. The van der Waals surface area contributed by atoms with Crippen LogP contribution in [0.15, 0.2) is 109 Å². The van der Waals surface area contributed by atoms with Crippen LogP contribution in [0.1, 0.15) is 232 Å². The second-order valence-corrected chi connectivity index (χ2v) is 19.8. The van der Waals surface area contributed by atoms with Gasteiger partial charge in [0.25, 0.3) is 0 Å². The van der Waals surface area contributed by atoms with Crippen molar-refractivity contribution < 1.29 is 37.6 Å². The highest BCUT2D eigenvalue weighted by Gasteiger charge is 2.26. The molecule has 2 atom stereocenters. The lowest BCUT2D eigenvalue weighted by molar-refractivity contribution is -0.161. The number of allylic oxidation sites excluding steroid dienone is 18. The molecule has 0 aliphatic rings. The fourth-order valence-corrected chi connectivity index (χ4v) is 8.30. The SMILES string of the molecule is CC/C=C\C/C=C\C/C=C\C/C=C\C/C=C\C/C=C\CCCCCCCCCCCCCCCCCCC(=O)OC(COC(=O)CCCCCCC/C=C\C/C=C\C/C=C\CC)COP(=O)(O)OCCN. The van der Waals surface area contributed by atoms with Gasteiger partial charge < -0.3 is 20.1 Å². The first-order valence-corrected chi connectivity index (χ1v) is 29.9. The first kappa shape index (κ1) is 67.7. The third-order valence-corrected chi connectivity index (χ3v) is 12.6. The van der Waals surface area contributed by atoms with Crippen LogP contribution in [0.5, 0.6) is 0 Å². The van der Waals surface area contributed by atoms with E-state index in [1.807, 2.05) is 0 Å². The Morgan fingerprint density at radius 2 is 0.732 bits per heavy atom. The van der Waals surface area contributed by atoms with Crippen molar-refractivity contribution >= 4 is 19.8 Å². The summed E-state index contributed by atoms with van der Waals surface area (Å²) in [6.07, 6.45) is 75.8. The zero-order chi connectivity index (χ0) is 51.7. The van der Waals surface area contributed by atoms with Crippen molar-refractivity contribution in [1.29, 1.82) is 0 Å². The topological polar surface area (TPSA) is 134 Å². The van der Waals surface area contributed by atoms with Gasteiger partial charge in [-0.1, -0.05) is 232 Å². The molecule has 0 aromatic rings. The normalized spacial score (nSPS) is 13.9. The second kappa shape index (κ2) is 56.0. The molecule has 2 unspecified atom stereocenters. The van der Waals surface area contributed by atoms with Crippen LogP contribution in [0.4, 0.5) is 0 Å². The molecule has 0 aliphatic heterocycles. The van der Waals surface area contributed by atoms with Gasteiger partial charge in [0.2, 0.25) is 0 Å². The minimum Gasteiger partial charge on any atom is -0.462 e. The molecule has 0 bridgehead atoms. The molecule has 10 heteroatoms. The number of rotatable bonds is 52. The van der Waals surface area contributed by atoms with E-state index in [1.165, 1.54) is 83.5 Å². The maximum absolute atomic E-state index is 12.7. The summed E-state index contributed by atoms with van der Waals surface area (Å²) in [4.78, 5) is 35.1. The first-order valence-electron chi connectivity index (χ1n) is 28.4. The van der Waals surface area contributed by atoms with E-state index in [9.17, 15) is 19.0 Å². The smallest absolute Gasteiger partial charge is 0.462 e. The Balaban J connectivity index is 3.92. The summed E-state index contributed by atoms with van der Waals surface area (Å²) in [5, 5.41) is 0. The zero-order valence-electron chi connectivity index (χ0n) is 45.2. The number of hydrogen-bond acceptors (Lipinski definition) is 8. The van der Waals surface area contributed by atoms with Gasteiger partial charge in [-0.2, -0.15) is 0 Å². The molecule has 0 spiro atoms. The highest BCUT2D eigenvalue weighted by molar-refractivity contribution is 7.47.